The van der Waals surface area contributed by atoms with Crippen LogP contribution in [0.3, 0.4) is 0 Å². The van der Waals surface area contributed by atoms with Crippen LogP contribution >= 0.6 is 0 Å². The SMILES string of the molecule is C1CC2C3CCC(C3)C2C1.CC.CC.CC(O)C(C)O.CC1C2CCC(C2)C1C.CC1CC2OC2CC1C.CC1CC=CCC1C.CC1CCC(C)CC1.CC1CCCCC1C.CCC(C)(CC)OC(C)=O.CCC(C)(O)CC.CCC(C)CC.CCCCCCCCCC.CCCO.[HH].[HH]. The summed E-state index contributed by atoms with van der Waals surface area (Å²) in [5.74, 6) is 17.5. The summed E-state index contributed by atoms with van der Waals surface area (Å²) < 4.78 is 10.5. The summed E-state index contributed by atoms with van der Waals surface area (Å²) in [6.45, 7) is 61.6. The molecule has 0 spiro atoms. The van der Waals surface area contributed by atoms with E-state index < -0.39 is 17.8 Å². The molecule has 0 radical (unpaired) electrons. The van der Waals surface area contributed by atoms with Crippen molar-refractivity contribution in [3.05, 3.63) is 12.2 Å². The normalized spacial score (nSPS) is 30.8. The van der Waals surface area contributed by atoms with E-state index in [9.17, 15) is 4.79 Å². The molecule has 18 unspecified atom stereocenters. The van der Waals surface area contributed by atoms with Crippen molar-refractivity contribution in [3.63, 3.8) is 0 Å². The molecule has 4 bridgehead atoms. The second-order valence-electron chi connectivity index (χ2n) is 34.0. The van der Waals surface area contributed by atoms with Crippen LogP contribution in [0.4, 0.5) is 0 Å². The van der Waals surface area contributed by atoms with Gasteiger partial charge >= 0.3 is 5.97 Å². The molecular weight excluding hydrogens is 1220 g/mol. The minimum absolute atomic E-state index is 0. The predicted molar refractivity (Wildman–Crippen MR) is 445 cm³/mol. The molecule has 99 heavy (non-hydrogen) atoms. The third-order valence-corrected chi connectivity index (χ3v) is 25.7. The predicted octanol–water partition coefficient (Wildman–Crippen LogP) is 28.6. The Labute approximate surface area is 627 Å². The maximum Gasteiger partial charge on any atom is 0.303 e. The highest BCUT2D eigenvalue weighted by atomic mass is 16.6. The van der Waals surface area contributed by atoms with Crippen molar-refractivity contribution >= 4 is 5.97 Å². The van der Waals surface area contributed by atoms with Crippen LogP contribution in [-0.4, -0.2) is 68.6 Å². The second-order valence-corrected chi connectivity index (χ2v) is 34.0. The molecule has 7 heteroatoms. The number of allylic oxidation sites excluding steroid dienone is 2. The molecule has 1 heterocycles. The third-order valence-electron chi connectivity index (χ3n) is 25.7. The van der Waals surface area contributed by atoms with Gasteiger partial charge in [-0.15, -0.1) is 0 Å². The summed E-state index contributed by atoms with van der Waals surface area (Å²) in [6.07, 6.45) is 54.4. The zero-order valence-electron chi connectivity index (χ0n) is 73.0. The molecule has 4 N–H and O–H groups in total. The number of unbranched alkanes of at least 4 members (excludes halogenated alkanes) is 7. The average molecular weight is 1410 g/mol. The Bertz CT molecular complexity index is 1660. The third kappa shape index (κ3) is 51.8. The standard InChI is InChI=1S/C10H16.C10H22.C9H16.C8H16O2.C8H14O.2C8H16.C8H14.C6H14O.C6H14.C4H10O2.C3H8O.2C2H6.2H2/c1-2-9-7-4-5-8(6-7)10(9)3-1;1-3-5-7-9-10-8-6-4-2;1-6-7(2)9-4-3-8(6)5-9;1-5-8(4,6-2)10-7(3)9;1-5-3-7-8(9-7)4-6(5)2;1-7-3-5-8(2)6-4-7;2*1-7-5-3-4-6-8(7)2;1-4-6(3,7)5-2;1-4-6(3)5-2;1-3(5)4(2)6;1-2-3-4;2*1-2;;/h7-10H,1-6H2;3-10H2,1-2H3;6-9H,3-5H2,1-2H3;5-6H2,1-4H3;5-8H,3-4H2,1-2H3;2*7-8H,3-6H2,1-2H3;3-4,7-8H,5-6H2,1-2H3;7H,4-5H2,1-3H3;6H,4-5H2,1-3H3;3-6H,1-2H3;4H,2-3H2,1H3;2*1-2H3;2*1H. The summed E-state index contributed by atoms with van der Waals surface area (Å²) in [6, 6.07) is 0. The molecule has 8 saturated carbocycles. The highest BCUT2D eigenvalue weighted by molar-refractivity contribution is 5.66. The Balaban J connectivity index is -0.000000244. The number of hydrogen-bond donors (Lipinski definition) is 4. The van der Waals surface area contributed by atoms with Gasteiger partial charge in [0.25, 0.3) is 0 Å². The summed E-state index contributed by atoms with van der Waals surface area (Å²) in [5.41, 5.74) is -0.661. The molecule has 18 atom stereocenters. The van der Waals surface area contributed by atoms with Crippen molar-refractivity contribution in [1.82, 2.24) is 0 Å². The van der Waals surface area contributed by atoms with Gasteiger partial charge in [0.2, 0.25) is 0 Å². The Morgan fingerprint density at radius 2 is 0.798 bits per heavy atom. The van der Waals surface area contributed by atoms with E-state index in [1.54, 1.807) is 58.8 Å². The molecule has 10 rings (SSSR count). The lowest BCUT2D eigenvalue weighted by molar-refractivity contribution is -0.155. The van der Waals surface area contributed by atoms with Gasteiger partial charge in [0.15, 0.2) is 0 Å². The fourth-order valence-corrected chi connectivity index (χ4v) is 15.2. The minimum Gasteiger partial charge on any atom is -0.460 e. The van der Waals surface area contributed by atoms with Crippen LogP contribution in [0.15, 0.2) is 12.2 Å². The maximum absolute atomic E-state index is 10.6. The van der Waals surface area contributed by atoms with E-state index in [4.69, 9.17) is 29.9 Å². The van der Waals surface area contributed by atoms with Crippen LogP contribution in [0, 0.1) is 101 Å². The number of carbonyl (C=O) groups excluding carboxylic acids is 1. The number of aliphatic hydroxyl groups excluding tert-OH is 3. The van der Waals surface area contributed by atoms with Gasteiger partial charge in [0, 0.05) is 16.4 Å². The topological polar surface area (TPSA) is 120 Å². The zero-order chi connectivity index (χ0) is 76.7. The lowest BCUT2D eigenvalue weighted by Crippen LogP contribution is -2.28. The molecule has 1 aliphatic heterocycles. The van der Waals surface area contributed by atoms with Crippen molar-refractivity contribution in [3.8, 4) is 0 Å². The maximum atomic E-state index is 10.6. The molecule has 602 valence electrons. The summed E-state index contributed by atoms with van der Waals surface area (Å²) in [4.78, 5) is 10.6. The molecule has 9 aliphatic carbocycles. The number of fused-ring (bicyclic) bond motifs is 8. The molecule has 0 aromatic rings. The van der Waals surface area contributed by atoms with E-state index in [1.165, 1.54) is 185 Å². The summed E-state index contributed by atoms with van der Waals surface area (Å²) >= 11 is 0. The first kappa shape index (κ1) is 104. The Morgan fingerprint density at radius 3 is 1.02 bits per heavy atom. The zero-order valence-corrected chi connectivity index (χ0v) is 73.0. The van der Waals surface area contributed by atoms with E-state index in [0.29, 0.717) is 18.8 Å². The molecule has 7 nitrogen and oxygen atoms in total. The number of hydrogen-bond acceptors (Lipinski definition) is 7. The van der Waals surface area contributed by atoms with Crippen LogP contribution in [0.2, 0.25) is 0 Å². The van der Waals surface area contributed by atoms with Crippen molar-refractivity contribution < 1.29 is 37.5 Å². The molecule has 0 aromatic heterocycles. The van der Waals surface area contributed by atoms with Gasteiger partial charge in [-0.3, -0.25) is 4.79 Å². The Kier molecular flexibility index (Phi) is 67.7. The van der Waals surface area contributed by atoms with Crippen LogP contribution in [0.1, 0.15) is 435 Å². The van der Waals surface area contributed by atoms with Gasteiger partial charge in [-0.1, -0.05) is 300 Å². The molecule has 9 fully saturated rings. The van der Waals surface area contributed by atoms with Crippen molar-refractivity contribution in [2.24, 2.45) is 101 Å². The van der Waals surface area contributed by atoms with Crippen LogP contribution in [0.25, 0.3) is 0 Å². The molecule has 0 amide bonds. The van der Waals surface area contributed by atoms with E-state index in [2.05, 4.69) is 116 Å². The van der Waals surface area contributed by atoms with Crippen molar-refractivity contribution in [2.45, 2.75) is 468 Å². The highest BCUT2D eigenvalue weighted by Gasteiger charge is 2.49. The van der Waals surface area contributed by atoms with Gasteiger partial charge in [0.1, 0.15) is 5.60 Å². The summed E-state index contributed by atoms with van der Waals surface area (Å²) in [7, 11) is 0. The minimum atomic E-state index is -0.593. The van der Waals surface area contributed by atoms with Crippen molar-refractivity contribution in [1.29, 1.82) is 0 Å². The number of ether oxygens (including phenoxy) is 2. The van der Waals surface area contributed by atoms with Gasteiger partial charge in [-0.2, -0.15) is 0 Å². The molecular formula is C92H192O7. The van der Waals surface area contributed by atoms with Gasteiger partial charge in [0.05, 0.1) is 30.0 Å². The number of aliphatic hydroxyl groups is 4. The first-order chi connectivity index (χ1) is 46.8. The first-order valence-electron chi connectivity index (χ1n) is 44.0. The molecule has 0 aromatic carbocycles. The number of esters is 1. The van der Waals surface area contributed by atoms with E-state index in [1.807, 2.05) is 76.2 Å². The van der Waals surface area contributed by atoms with Crippen molar-refractivity contribution in [2.75, 3.05) is 6.61 Å². The number of rotatable bonds is 16. The van der Waals surface area contributed by atoms with E-state index in [-0.39, 0.29) is 14.4 Å². The van der Waals surface area contributed by atoms with E-state index in [0.717, 1.165) is 109 Å². The van der Waals surface area contributed by atoms with Crippen LogP contribution in [-0.2, 0) is 14.3 Å². The van der Waals surface area contributed by atoms with Gasteiger partial charge < -0.3 is 29.9 Å². The Hall–Kier alpha value is -0.990. The Morgan fingerprint density at radius 1 is 0.465 bits per heavy atom. The second kappa shape index (κ2) is 64.2. The fourth-order valence-electron chi connectivity index (χ4n) is 15.2. The number of epoxide rings is 1. The molecule has 10 aliphatic rings. The van der Waals surface area contributed by atoms with E-state index >= 15 is 0 Å². The average Bonchev–Trinajstić information content (AvgIpc) is 1.64. The van der Waals surface area contributed by atoms with Gasteiger partial charge in [-0.25, -0.2) is 0 Å². The van der Waals surface area contributed by atoms with Crippen LogP contribution < -0.4 is 0 Å². The quantitative estimate of drug-likeness (QED) is 0.0526. The largest absolute Gasteiger partial charge is 0.460 e. The monoisotopic (exact) mass is 1410 g/mol. The fraction of sp³-hybridized carbons (Fsp3) is 0.967. The summed E-state index contributed by atoms with van der Waals surface area (Å²) in [5, 5.41) is 33.8. The first-order valence-corrected chi connectivity index (χ1v) is 44.0. The number of carbonyl (C=O) groups is 1. The van der Waals surface area contributed by atoms with Crippen LogP contribution in [0.5, 0.6) is 0 Å². The molecule has 1 saturated heterocycles. The highest BCUT2D eigenvalue weighted by Crippen LogP contribution is 2.58. The van der Waals surface area contributed by atoms with Gasteiger partial charge in [-0.05, 0) is 237 Å². The lowest BCUT2D eigenvalue weighted by Gasteiger charge is -2.25. The smallest absolute Gasteiger partial charge is 0.303 e. The lowest BCUT2D eigenvalue weighted by atomic mass is 9.82.